The van der Waals surface area contributed by atoms with Crippen LogP contribution in [0.4, 0.5) is 0 Å². The number of carbonyl (C=O) groups excluding carboxylic acids is 3. The van der Waals surface area contributed by atoms with Gasteiger partial charge < -0.3 is 14.2 Å². The van der Waals surface area contributed by atoms with Gasteiger partial charge >= 0.3 is 17.9 Å². The zero-order valence-corrected chi connectivity index (χ0v) is 47.6. The van der Waals surface area contributed by atoms with Gasteiger partial charge in [-0.2, -0.15) is 0 Å². The van der Waals surface area contributed by atoms with Crippen LogP contribution in [0.1, 0.15) is 278 Å². The summed E-state index contributed by atoms with van der Waals surface area (Å²) in [5, 5.41) is 0. The molecule has 6 heteroatoms. The Morgan fingerprint density at radius 1 is 0.288 bits per heavy atom. The molecule has 0 amide bonds. The van der Waals surface area contributed by atoms with Crippen molar-refractivity contribution in [2.24, 2.45) is 0 Å². The highest BCUT2D eigenvalue weighted by molar-refractivity contribution is 5.71. The van der Waals surface area contributed by atoms with Gasteiger partial charge in [0.15, 0.2) is 6.10 Å². The normalized spacial score (nSPS) is 12.9. The van der Waals surface area contributed by atoms with Crippen LogP contribution in [0, 0.1) is 0 Å². The first-order valence-electron chi connectivity index (χ1n) is 30.4. The number of unbranched alkanes of at least 4 members (excludes halogenated alkanes) is 25. The Labute approximate surface area is 450 Å². The van der Waals surface area contributed by atoms with Gasteiger partial charge in [0.2, 0.25) is 0 Å². The molecule has 6 nitrogen and oxygen atoms in total. The lowest BCUT2D eigenvalue weighted by Gasteiger charge is -2.18. The largest absolute Gasteiger partial charge is 0.462 e. The van der Waals surface area contributed by atoms with Crippen LogP contribution in [0.25, 0.3) is 0 Å². The highest BCUT2D eigenvalue weighted by Crippen LogP contribution is 2.15. The van der Waals surface area contributed by atoms with Gasteiger partial charge in [-0.3, -0.25) is 14.4 Å². The van der Waals surface area contributed by atoms with E-state index in [4.69, 9.17) is 14.2 Å². The number of carbonyl (C=O) groups is 3. The van der Waals surface area contributed by atoms with E-state index in [0.29, 0.717) is 19.3 Å². The summed E-state index contributed by atoms with van der Waals surface area (Å²) in [6, 6.07) is 0. The van der Waals surface area contributed by atoms with Crippen LogP contribution in [0.3, 0.4) is 0 Å². The minimum atomic E-state index is -0.825. The van der Waals surface area contributed by atoms with Gasteiger partial charge in [-0.1, -0.05) is 271 Å². The van der Waals surface area contributed by atoms with Crippen molar-refractivity contribution in [1.29, 1.82) is 0 Å². The summed E-state index contributed by atoms with van der Waals surface area (Å²) in [5.74, 6) is -1.00. The summed E-state index contributed by atoms with van der Waals surface area (Å²) in [5.41, 5.74) is 0. The van der Waals surface area contributed by atoms with Crippen LogP contribution in [0.5, 0.6) is 0 Å². The smallest absolute Gasteiger partial charge is 0.306 e. The average molecular weight is 1010 g/mol. The molecule has 0 N–H and O–H groups in total. The number of rotatable bonds is 54. The lowest BCUT2D eigenvalue weighted by Crippen LogP contribution is -2.30. The average Bonchev–Trinajstić information content (AvgIpc) is 3.39. The van der Waals surface area contributed by atoms with Crippen molar-refractivity contribution in [3.8, 4) is 0 Å². The van der Waals surface area contributed by atoms with Crippen LogP contribution < -0.4 is 0 Å². The highest BCUT2D eigenvalue weighted by Gasteiger charge is 2.19. The molecule has 0 aromatic heterocycles. The monoisotopic (exact) mass is 1010 g/mol. The number of hydrogen-bond acceptors (Lipinski definition) is 6. The Morgan fingerprint density at radius 3 is 0.890 bits per heavy atom. The second-order valence-electron chi connectivity index (χ2n) is 19.9. The molecule has 0 bridgehead atoms. The summed E-state index contributed by atoms with van der Waals surface area (Å²) in [6.07, 6.45) is 82.3. The summed E-state index contributed by atoms with van der Waals surface area (Å²) in [7, 11) is 0. The molecule has 1 atom stereocenters. The van der Waals surface area contributed by atoms with Crippen molar-refractivity contribution < 1.29 is 28.6 Å². The predicted octanol–water partition coefficient (Wildman–Crippen LogP) is 20.7. The molecular formula is C67H112O6. The fourth-order valence-electron chi connectivity index (χ4n) is 8.24. The molecule has 1 unspecified atom stereocenters. The third kappa shape index (κ3) is 58.8. The van der Waals surface area contributed by atoms with Gasteiger partial charge in [-0.25, -0.2) is 0 Å². The topological polar surface area (TPSA) is 78.9 Å². The van der Waals surface area contributed by atoms with Gasteiger partial charge in [0.05, 0.1) is 0 Å². The number of hydrogen-bond donors (Lipinski definition) is 0. The molecule has 0 spiro atoms. The van der Waals surface area contributed by atoms with E-state index >= 15 is 0 Å². The molecule has 0 aliphatic carbocycles. The molecule has 0 fully saturated rings. The van der Waals surface area contributed by atoms with Crippen molar-refractivity contribution in [2.45, 2.75) is 284 Å². The molecule has 0 saturated carbocycles. The number of esters is 3. The number of allylic oxidation sites excluding steroid dienone is 18. The Balaban J connectivity index is 4.51. The van der Waals surface area contributed by atoms with E-state index in [2.05, 4.69) is 124 Å². The molecule has 0 aliphatic rings. The van der Waals surface area contributed by atoms with E-state index in [0.717, 1.165) is 103 Å². The Bertz CT molecular complexity index is 1490. The Morgan fingerprint density at radius 2 is 0.562 bits per heavy atom. The van der Waals surface area contributed by atoms with Gasteiger partial charge in [0.25, 0.3) is 0 Å². The van der Waals surface area contributed by atoms with E-state index < -0.39 is 12.1 Å². The van der Waals surface area contributed by atoms with Crippen molar-refractivity contribution in [3.63, 3.8) is 0 Å². The molecule has 0 heterocycles. The van der Waals surface area contributed by atoms with E-state index in [1.54, 1.807) is 0 Å². The van der Waals surface area contributed by atoms with Crippen molar-refractivity contribution in [2.75, 3.05) is 13.2 Å². The number of ether oxygens (including phenoxy) is 3. The second kappa shape index (κ2) is 60.6. The van der Waals surface area contributed by atoms with Crippen LogP contribution in [0.2, 0.25) is 0 Å². The lowest BCUT2D eigenvalue weighted by molar-refractivity contribution is -0.166. The molecule has 0 aromatic rings. The maximum atomic E-state index is 12.8. The summed E-state index contributed by atoms with van der Waals surface area (Å²) < 4.78 is 16.8. The van der Waals surface area contributed by atoms with Gasteiger partial charge in [0, 0.05) is 19.3 Å². The van der Waals surface area contributed by atoms with E-state index in [1.807, 2.05) is 6.08 Å². The third-order valence-corrected chi connectivity index (χ3v) is 12.8. The molecule has 0 rings (SSSR count). The third-order valence-electron chi connectivity index (χ3n) is 12.8. The van der Waals surface area contributed by atoms with Gasteiger partial charge in [-0.05, 0) is 96.3 Å². The first kappa shape index (κ1) is 69.1. The standard InChI is InChI=1S/C67H112O6/c1-4-7-10-13-16-19-22-25-28-30-32-33-35-36-39-42-45-48-51-54-57-60-66(69)72-63-64(62-71-65(68)59-56-53-50-47-44-41-38-27-24-21-18-15-12-9-6-3)73-67(70)61-58-55-52-49-46-43-40-37-34-31-29-26-23-20-17-14-11-8-5-2/h8,11,17,20,22,25-26,29-30,32,34-37,43,46,52,55,64H,4-7,9-10,12-16,18-19,21,23-24,27-28,31,33,38-42,44-45,47-51,53-54,56-63H2,1-3H3/b11-8-,20-17-,25-22-,29-26-,32-30-,36-35-,37-34-,46-43-,55-52-. The fourth-order valence-corrected chi connectivity index (χ4v) is 8.24. The lowest BCUT2D eigenvalue weighted by atomic mass is 10.0. The van der Waals surface area contributed by atoms with E-state index in [1.165, 1.54) is 128 Å². The SMILES string of the molecule is CC/C=C\C/C=C\C/C=C\C/C=C\C/C=C\C/C=C\CCC(=O)OC(COC(=O)CCCCCCCC/C=C\C/C=C\C/C=C\CCCCCCC)COC(=O)CCCCCCCCCCCCCCCCC. The van der Waals surface area contributed by atoms with Gasteiger partial charge in [0.1, 0.15) is 13.2 Å². The van der Waals surface area contributed by atoms with Crippen molar-refractivity contribution in [1.82, 2.24) is 0 Å². The first-order chi connectivity index (χ1) is 36.0. The zero-order valence-electron chi connectivity index (χ0n) is 47.6. The summed E-state index contributed by atoms with van der Waals surface area (Å²) in [6.45, 7) is 6.46. The first-order valence-corrected chi connectivity index (χ1v) is 30.4. The van der Waals surface area contributed by atoms with E-state index in [-0.39, 0.29) is 31.6 Å². The van der Waals surface area contributed by atoms with Crippen molar-refractivity contribution >= 4 is 17.9 Å². The van der Waals surface area contributed by atoms with Gasteiger partial charge in [-0.15, -0.1) is 0 Å². The molecule has 0 radical (unpaired) electrons. The van der Waals surface area contributed by atoms with Crippen LogP contribution in [-0.2, 0) is 28.6 Å². The highest BCUT2D eigenvalue weighted by atomic mass is 16.6. The molecular weight excluding hydrogens is 901 g/mol. The molecule has 73 heavy (non-hydrogen) atoms. The Hall–Kier alpha value is -3.93. The minimum absolute atomic E-state index is 0.112. The van der Waals surface area contributed by atoms with Crippen molar-refractivity contribution in [3.05, 3.63) is 109 Å². The molecule has 0 aliphatic heterocycles. The van der Waals surface area contributed by atoms with Crippen LogP contribution in [0.15, 0.2) is 109 Å². The molecule has 0 saturated heterocycles. The summed E-state index contributed by atoms with van der Waals surface area (Å²) in [4.78, 5) is 38.2. The zero-order chi connectivity index (χ0) is 52.9. The fraction of sp³-hybridized carbons (Fsp3) is 0.687. The van der Waals surface area contributed by atoms with Crippen LogP contribution >= 0.6 is 0 Å². The quantitative estimate of drug-likeness (QED) is 0.0261. The second-order valence-corrected chi connectivity index (χ2v) is 19.9. The predicted molar refractivity (Wildman–Crippen MR) is 316 cm³/mol. The maximum absolute atomic E-state index is 12.8. The van der Waals surface area contributed by atoms with Crippen LogP contribution in [-0.4, -0.2) is 37.2 Å². The molecule has 0 aromatic carbocycles. The minimum Gasteiger partial charge on any atom is -0.462 e. The maximum Gasteiger partial charge on any atom is 0.306 e. The Kier molecular flexibility index (Phi) is 57.4. The summed E-state index contributed by atoms with van der Waals surface area (Å²) >= 11 is 0. The van der Waals surface area contributed by atoms with E-state index in [9.17, 15) is 14.4 Å². The molecule has 416 valence electrons.